The van der Waals surface area contributed by atoms with Crippen LogP contribution >= 0.6 is 15.9 Å². The number of nitrogens with one attached hydrogen (secondary N) is 1. The maximum absolute atomic E-state index is 11.6. The molecule has 1 aromatic rings. The van der Waals surface area contributed by atoms with Crippen molar-refractivity contribution >= 4 is 27.7 Å². The van der Waals surface area contributed by atoms with Gasteiger partial charge in [0.25, 0.3) is 0 Å². The lowest BCUT2D eigenvalue weighted by Crippen LogP contribution is -2.37. The van der Waals surface area contributed by atoms with E-state index in [1.54, 1.807) is 0 Å². The van der Waals surface area contributed by atoms with Crippen molar-refractivity contribution in [2.75, 3.05) is 24.5 Å². The zero-order valence-corrected chi connectivity index (χ0v) is 13.8. The van der Waals surface area contributed by atoms with Gasteiger partial charge in [0.15, 0.2) is 0 Å². The van der Waals surface area contributed by atoms with Gasteiger partial charge in [-0.1, -0.05) is 22.0 Å². The summed E-state index contributed by atoms with van der Waals surface area (Å²) in [5.74, 6) is 0. The molecule has 0 fully saturated rings. The number of hydrogen-bond donors (Lipinski definition) is 1. The number of fused-ring (bicyclic) bond motifs is 1. The van der Waals surface area contributed by atoms with E-state index in [4.69, 9.17) is 4.74 Å². The first-order chi connectivity index (χ1) is 9.37. The van der Waals surface area contributed by atoms with Gasteiger partial charge in [-0.05, 0) is 44.9 Å². The molecule has 0 atom stereocenters. The summed E-state index contributed by atoms with van der Waals surface area (Å²) in [4.78, 5) is 13.9. The fourth-order valence-electron chi connectivity index (χ4n) is 2.30. The van der Waals surface area contributed by atoms with Crippen LogP contribution in [0.1, 0.15) is 26.3 Å². The summed E-state index contributed by atoms with van der Waals surface area (Å²) in [6.07, 6.45) is 0.689. The van der Waals surface area contributed by atoms with Gasteiger partial charge in [0.05, 0.1) is 0 Å². The van der Waals surface area contributed by atoms with E-state index in [1.807, 2.05) is 26.8 Å². The number of nitrogens with zero attached hydrogens (tertiary/aromatic N) is 1. The molecular formula is C15H21BrN2O2. The van der Waals surface area contributed by atoms with Crippen molar-refractivity contribution in [1.82, 2.24) is 5.32 Å². The van der Waals surface area contributed by atoms with Gasteiger partial charge in [0, 0.05) is 29.8 Å². The third kappa shape index (κ3) is 3.88. The molecule has 0 saturated heterocycles. The molecule has 20 heavy (non-hydrogen) atoms. The van der Waals surface area contributed by atoms with Crippen LogP contribution in [0, 0.1) is 0 Å². The zero-order chi connectivity index (χ0) is 14.8. The van der Waals surface area contributed by atoms with Crippen LogP contribution in [0.2, 0.25) is 0 Å². The normalized spacial score (nSPS) is 14.1. The predicted octanol–water partition coefficient (Wildman–Crippen LogP) is 3.34. The largest absolute Gasteiger partial charge is 0.444 e. The molecule has 0 aromatic heterocycles. The average molecular weight is 341 g/mol. The summed E-state index contributed by atoms with van der Waals surface area (Å²) in [6, 6.07) is 6.24. The summed E-state index contributed by atoms with van der Waals surface area (Å²) in [5, 5.41) is 2.80. The number of carbonyl (C=O) groups excluding carboxylic acids is 1. The smallest absolute Gasteiger partial charge is 0.407 e. The van der Waals surface area contributed by atoms with Gasteiger partial charge in [0.2, 0.25) is 0 Å². The van der Waals surface area contributed by atoms with Crippen molar-refractivity contribution in [1.29, 1.82) is 0 Å². The molecule has 0 bridgehead atoms. The van der Waals surface area contributed by atoms with E-state index in [9.17, 15) is 4.79 Å². The molecule has 1 heterocycles. The Hall–Kier alpha value is -1.23. The molecule has 1 aromatic carbocycles. The van der Waals surface area contributed by atoms with Crippen LogP contribution in [0.5, 0.6) is 0 Å². The Bertz CT molecular complexity index is 497. The Labute approximate surface area is 128 Å². The Balaban J connectivity index is 1.83. The minimum atomic E-state index is -0.449. The van der Waals surface area contributed by atoms with Crippen LogP contribution in [-0.4, -0.2) is 31.3 Å². The Morgan fingerprint density at radius 2 is 2.20 bits per heavy atom. The molecule has 0 aliphatic carbocycles. The van der Waals surface area contributed by atoms with Crippen LogP contribution in [0.3, 0.4) is 0 Å². The van der Waals surface area contributed by atoms with Gasteiger partial charge >= 0.3 is 6.09 Å². The molecule has 110 valence electrons. The fourth-order valence-corrected chi connectivity index (χ4v) is 2.85. The van der Waals surface area contributed by atoms with Gasteiger partial charge in [-0.3, -0.25) is 0 Å². The number of anilines is 1. The van der Waals surface area contributed by atoms with Crippen molar-refractivity contribution in [2.24, 2.45) is 0 Å². The molecule has 1 amide bonds. The molecule has 0 spiro atoms. The van der Waals surface area contributed by atoms with E-state index in [0.717, 1.165) is 24.0 Å². The lowest BCUT2D eigenvalue weighted by molar-refractivity contribution is 0.0529. The van der Waals surface area contributed by atoms with E-state index in [1.165, 1.54) is 11.3 Å². The van der Waals surface area contributed by atoms with Gasteiger partial charge < -0.3 is 15.0 Å². The molecule has 4 nitrogen and oxygen atoms in total. The van der Waals surface area contributed by atoms with E-state index in [-0.39, 0.29) is 6.09 Å². The fraction of sp³-hybridized carbons (Fsp3) is 0.533. The lowest BCUT2D eigenvalue weighted by Gasteiger charge is -2.22. The van der Waals surface area contributed by atoms with Gasteiger partial charge in [0.1, 0.15) is 5.60 Å². The number of ether oxygens (including phenoxy) is 1. The van der Waals surface area contributed by atoms with Crippen LogP contribution in [0.25, 0.3) is 0 Å². The molecular weight excluding hydrogens is 320 g/mol. The monoisotopic (exact) mass is 340 g/mol. The molecule has 0 radical (unpaired) electrons. The van der Waals surface area contributed by atoms with Gasteiger partial charge in [-0.2, -0.15) is 0 Å². The third-order valence-electron chi connectivity index (χ3n) is 3.12. The van der Waals surface area contributed by atoms with Crippen LogP contribution in [-0.2, 0) is 11.2 Å². The maximum atomic E-state index is 11.6. The molecule has 5 heteroatoms. The van der Waals surface area contributed by atoms with Crippen molar-refractivity contribution in [2.45, 2.75) is 32.8 Å². The highest BCUT2D eigenvalue weighted by Crippen LogP contribution is 2.33. The molecule has 0 saturated carbocycles. The van der Waals surface area contributed by atoms with E-state index in [0.29, 0.717) is 6.54 Å². The molecule has 1 aliphatic heterocycles. The first-order valence-electron chi connectivity index (χ1n) is 6.86. The number of carbonyl (C=O) groups is 1. The summed E-state index contributed by atoms with van der Waals surface area (Å²) in [5.41, 5.74) is 2.16. The number of halogens is 1. The van der Waals surface area contributed by atoms with E-state index >= 15 is 0 Å². The molecule has 1 N–H and O–H groups in total. The minimum Gasteiger partial charge on any atom is -0.444 e. The maximum Gasteiger partial charge on any atom is 0.407 e. The van der Waals surface area contributed by atoms with Crippen molar-refractivity contribution < 1.29 is 9.53 Å². The topological polar surface area (TPSA) is 41.6 Å². The van der Waals surface area contributed by atoms with Crippen molar-refractivity contribution in [3.05, 3.63) is 28.2 Å². The molecule has 1 aliphatic rings. The van der Waals surface area contributed by atoms with E-state index in [2.05, 4.69) is 38.3 Å². The number of amides is 1. The SMILES string of the molecule is CC(C)(C)OC(=O)NCCN1CCc2c(Br)cccc21. The van der Waals surface area contributed by atoms with Crippen molar-refractivity contribution in [3.8, 4) is 0 Å². The Morgan fingerprint density at radius 1 is 1.45 bits per heavy atom. The summed E-state index contributed by atoms with van der Waals surface area (Å²) in [6.45, 7) is 7.96. The van der Waals surface area contributed by atoms with Crippen LogP contribution in [0.15, 0.2) is 22.7 Å². The summed E-state index contributed by atoms with van der Waals surface area (Å²) in [7, 11) is 0. The molecule has 0 unspecified atom stereocenters. The highest BCUT2D eigenvalue weighted by atomic mass is 79.9. The van der Waals surface area contributed by atoms with Gasteiger partial charge in [-0.15, -0.1) is 0 Å². The highest BCUT2D eigenvalue weighted by Gasteiger charge is 2.21. The Kier molecular flexibility index (Phi) is 4.58. The van der Waals surface area contributed by atoms with Crippen LogP contribution in [0.4, 0.5) is 10.5 Å². The standard InChI is InChI=1S/C15H21BrN2O2/c1-15(2,3)20-14(19)17-8-10-18-9-7-11-12(16)5-4-6-13(11)18/h4-6H,7-10H2,1-3H3,(H,17,19). The highest BCUT2D eigenvalue weighted by molar-refractivity contribution is 9.10. The number of alkyl carbamates (subject to hydrolysis) is 1. The third-order valence-corrected chi connectivity index (χ3v) is 3.86. The van der Waals surface area contributed by atoms with Gasteiger partial charge in [-0.25, -0.2) is 4.79 Å². The zero-order valence-electron chi connectivity index (χ0n) is 12.2. The first-order valence-corrected chi connectivity index (χ1v) is 7.65. The van der Waals surface area contributed by atoms with E-state index < -0.39 is 5.60 Å². The lowest BCUT2D eigenvalue weighted by atomic mass is 10.2. The quantitative estimate of drug-likeness (QED) is 0.917. The summed E-state index contributed by atoms with van der Waals surface area (Å²) >= 11 is 3.58. The van der Waals surface area contributed by atoms with Crippen molar-refractivity contribution in [3.63, 3.8) is 0 Å². The minimum absolute atomic E-state index is 0.355. The van der Waals surface area contributed by atoms with Crippen LogP contribution < -0.4 is 10.2 Å². The number of rotatable bonds is 3. The second-order valence-electron chi connectivity index (χ2n) is 5.90. The second kappa shape index (κ2) is 6.04. The first kappa shape index (κ1) is 15.2. The second-order valence-corrected chi connectivity index (χ2v) is 6.76. The molecule has 2 rings (SSSR count). The average Bonchev–Trinajstić information content (AvgIpc) is 2.72. The number of hydrogen-bond acceptors (Lipinski definition) is 3. The predicted molar refractivity (Wildman–Crippen MR) is 84.3 cm³/mol. The summed E-state index contributed by atoms with van der Waals surface area (Å²) < 4.78 is 6.38. The number of benzene rings is 1. The Morgan fingerprint density at radius 3 is 2.90 bits per heavy atom.